The maximum atomic E-state index is 2.41. The number of aryl methyl sites for hydroxylation is 3. The average Bonchev–Trinajstić information content (AvgIpc) is 2.72. The minimum absolute atomic E-state index is 0.808. The molecule has 3 rings (SSSR count). The minimum atomic E-state index is 0.808. The molecule has 2 aromatic carbocycles. The lowest BCUT2D eigenvalue weighted by atomic mass is 9.77. The van der Waals surface area contributed by atoms with Crippen molar-refractivity contribution in [3.63, 3.8) is 0 Å². The van der Waals surface area contributed by atoms with Crippen molar-refractivity contribution in [1.29, 1.82) is 0 Å². The summed E-state index contributed by atoms with van der Waals surface area (Å²) in [5.74, 6) is 1.81. The van der Waals surface area contributed by atoms with Crippen LogP contribution >= 0.6 is 0 Å². The van der Waals surface area contributed by atoms with E-state index in [1.54, 1.807) is 5.56 Å². The van der Waals surface area contributed by atoms with Crippen molar-refractivity contribution >= 4 is 0 Å². The summed E-state index contributed by atoms with van der Waals surface area (Å²) in [6.45, 7) is 4.46. The van der Waals surface area contributed by atoms with Crippen LogP contribution in [0.4, 0.5) is 0 Å². The molecule has 0 saturated heterocycles. The van der Waals surface area contributed by atoms with Gasteiger partial charge < -0.3 is 0 Å². The predicted molar refractivity (Wildman–Crippen MR) is 118 cm³/mol. The molecule has 0 aromatic heterocycles. The Balaban J connectivity index is 1.42. The van der Waals surface area contributed by atoms with Crippen molar-refractivity contribution in [3.05, 3.63) is 70.8 Å². The number of rotatable bonds is 9. The Morgan fingerprint density at radius 3 is 1.89 bits per heavy atom. The average molecular weight is 363 g/mol. The molecule has 0 atom stereocenters. The summed E-state index contributed by atoms with van der Waals surface area (Å²) in [6.07, 6.45) is 15.2. The van der Waals surface area contributed by atoms with Gasteiger partial charge in [0.25, 0.3) is 0 Å². The highest BCUT2D eigenvalue weighted by Crippen LogP contribution is 2.37. The molecule has 2 aromatic rings. The first-order valence-corrected chi connectivity index (χ1v) is 11.4. The standard InChI is InChI=1S/C27H38/c1-3-4-5-6-7-23-14-18-26(19-15-23)27-20-16-25(17-21-27)13-12-24-10-8-22(2)9-11-24/h8-11,16-17,20-21,23,26H,3-7,12-15,18-19H2,1-2H3/t23-,26-. The molecule has 0 heterocycles. The van der Waals surface area contributed by atoms with E-state index in [-0.39, 0.29) is 0 Å². The van der Waals surface area contributed by atoms with Crippen LogP contribution in [0.25, 0.3) is 0 Å². The molecule has 0 spiro atoms. The molecule has 0 heteroatoms. The Labute approximate surface area is 167 Å². The van der Waals surface area contributed by atoms with Crippen molar-refractivity contribution in [3.8, 4) is 0 Å². The van der Waals surface area contributed by atoms with Crippen molar-refractivity contribution < 1.29 is 0 Å². The molecule has 146 valence electrons. The van der Waals surface area contributed by atoms with Gasteiger partial charge in [0.15, 0.2) is 0 Å². The third kappa shape index (κ3) is 6.52. The largest absolute Gasteiger partial charge is 0.0654 e. The van der Waals surface area contributed by atoms with E-state index in [4.69, 9.17) is 0 Å². The molecule has 0 aliphatic heterocycles. The van der Waals surface area contributed by atoms with Crippen molar-refractivity contribution in [2.24, 2.45) is 5.92 Å². The third-order valence-electron chi connectivity index (χ3n) is 6.59. The van der Waals surface area contributed by atoms with Crippen molar-refractivity contribution in [2.75, 3.05) is 0 Å². The fourth-order valence-electron chi connectivity index (χ4n) is 4.64. The first-order valence-electron chi connectivity index (χ1n) is 11.4. The first kappa shape index (κ1) is 20.2. The fourth-order valence-corrected chi connectivity index (χ4v) is 4.64. The highest BCUT2D eigenvalue weighted by atomic mass is 14.3. The van der Waals surface area contributed by atoms with E-state index < -0.39 is 0 Å². The zero-order valence-corrected chi connectivity index (χ0v) is 17.6. The summed E-state index contributed by atoms with van der Waals surface area (Å²) >= 11 is 0. The Bertz CT molecular complexity index is 641. The van der Waals surface area contributed by atoms with E-state index >= 15 is 0 Å². The maximum Gasteiger partial charge on any atom is -0.0162 e. The summed E-state index contributed by atoms with van der Waals surface area (Å²) in [7, 11) is 0. The molecule has 1 saturated carbocycles. The fraction of sp³-hybridized carbons (Fsp3) is 0.556. The molecule has 0 bridgehead atoms. The van der Waals surface area contributed by atoms with Gasteiger partial charge in [-0.2, -0.15) is 0 Å². The van der Waals surface area contributed by atoms with E-state index in [2.05, 4.69) is 62.4 Å². The Hall–Kier alpha value is -1.56. The van der Waals surface area contributed by atoms with E-state index in [0.717, 1.165) is 24.7 Å². The first-order chi connectivity index (χ1) is 13.2. The molecule has 0 amide bonds. The lowest BCUT2D eigenvalue weighted by Crippen LogP contribution is -2.13. The third-order valence-corrected chi connectivity index (χ3v) is 6.59. The molecular formula is C27H38. The summed E-state index contributed by atoms with van der Waals surface area (Å²) < 4.78 is 0. The molecule has 1 fully saturated rings. The molecule has 1 aliphatic rings. The minimum Gasteiger partial charge on any atom is -0.0654 e. The summed E-state index contributed by atoms with van der Waals surface area (Å²) in [4.78, 5) is 0. The molecule has 0 radical (unpaired) electrons. The van der Waals surface area contributed by atoms with Gasteiger partial charge in [-0.15, -0.1) is 0 Å². The van der Waals surface area contributed by atoms with E-state index in [0.29, 0.717) is 0 Å². The normalized spacial score (nSPS) is 19.9. The highest BCUT2D eigenvalue weighted by Gasteiger charge is 2.21. The van der Waals surface area contributed by atoms with Crippen LogP contribution in [0.15, 0.2) is 48.5 Å². The predicted octanol–water partition coefficient (Wildman–Crippen LogP) is 8.02. The van der Waals surface area contributed by atoms with Crippen LogP contribution in [-0.2, 0) is 12.8 Å². The second-order valence-corrected chi connectivity index (χ2v) is 8.79. The molecule has 0 unspecified atom stereocenters. The van der Waals surface area contributed by atoms with Crippen molar-refractivity contribution in [2.45, 2.75) is 90.4 Å². The second kappa shape index (κ2) is 10.7. The number of benzene rings is 2. The maximum absolute atomic E-state index is 2.41. The van der Waals surface area contributed by atoms with Gasteiger partial charge in [0.05, 0.1) is 0 Å². The van der Waals surface area contributed by atoms with Crippen molar-refractivity contribution in [1.82, 2.24) is 0 Å². The van der Waals surface area contributed by atoms with Gasteiger partial charge in [0, 0.05) is 0 Å². The lowest BCUT2D eigenvalue weighted by Gasteiger charge is -2.29. The monoisotopic (exact) mass is 362 g/mol. The summed E-state index contributed by atoms with van der Waals surface area (Å²) in [6, 6.07) is 18.6. The van der Waals surface area contributed by atoms with Gasteiger partial charge in [-0.05, 0) is 74.0 Å². The van der Waals surface area contributed by atoms with Gasteiger partial charge in [-0.25, -0.2) is 0 Å². The molecular weight excluding hydrogens is 324 g/mol. The van der Waals surface area contributed by atoms with Crippen LogP contribution < -0.4 is 0 Å². The SMILES string of the molecule is CCCCCC[C@H]1CC[C@H](c2ccc(CCc3ccc(C)cc3)cc2)CC1. The van der Waals surface area contributed by atoms with Crippen LogP contribution in [-0.4, -0.2) is 0 Å². The van der Waals surface area contributed by atoms with Gasteiger partial charge >= 0.3 is 0 Å². The summed E-state index contributed by atoms with van der Waals surface area (Å²) in [5.41, 5.74) is 5.85. The van der Waals surface area contributed by atoms with Gasteiger partial charge in [-0.3, -0.25) is 0 Å². The van der Waals surface area contributed by atoms with Gasteiger partial charge in [0.2, 0.25) is 0 Å². The quantitative estimate of drug-likeness (QED) is 0.396. The Morgan fingerprint density at radius 1 is 0.704 bits per heavy atom. The Kier molecular flexibility index (Phi) is 7.99. The second-order valence-electron chi connectivity index (χ2n) is 8.79. The summed E-state index contributed by atoms with van der Waals surface area (Å²) in [5, 5.41) is 0. The number of hydrogen-bond acceptors (Lipinski definition) is 0. The van der Waals surface area contributed by atoms with E-state index in [1.165, 1.54) is 74.5 Å². The smallest absolute Gasteiger partial charge is 0.0162 e. The van der Waals surface area contributed by atoms with Gasteiger partial charge in [-0.1, -0.05) is 93.1 Å². The lowest BCUT2D eigenvalue weighted by molar-refractivity contribution is 0.302. The van der Waals surface area contributed by atoms with Crippen LogP contribution in [0, 0.1) is 12.8 Å². The zero-order chi connectivity index (χ0) is 18.9. The Morgan fingerprint density at radius 2 is 1.30 bits per heavy atom. The van der Waals surface area contributed by atoms with Crippen LogP contribution in [0.1, 0.15) is 92.9 Å². The number of unbranched alkanes of at least 4 members (excludes halogenated alkanes) is 3. The molecule has 1 aliphatic carbocycles. The van der Waals surface area contributed by atoms with Crippen LogP contribution in [0.5, 0.6) is 0 Å². The molecule has 27 heavy (non-hydrogen) atoms. The molecule has 0 N–H and O–H groups in total. The zero-order valence-electron chi connectivity index (χ0n) is 17.6. The highest BCUT2D eigenvalue weighted by molar-refractivity contribution is 5.27. The van der Waals surface area contributed by atoms with E-state index in [1.807, 2.05) is 0 Å². The topological polar surface area (TPSA) is 0 Å². The number of hydrogen-bond donors (Lipinski definition) is 0. The van der Waals surface area contributed by atoms with E-state index in [9.17, 15) is 0 Å². The van der Waals surface area contributed by atoms with Gasteiger partial charge in [0.1, 0.15) is 0 Å². The van der Waals surface area contributed by atoms with Crippen LogP contribution in [0.3, 0.4) is 0 Å². The molecule has 0 nitrogen and oxygen atoms in total. The van der Waals surface area contributed by atoms with Crippen LogP contribution in [0.2, 0.25) is 0 Å².